The van der Waals surface area contributed by atoms with Crippen molar-refractivity contribution in [1.29, 1.82) is 0 Å². The molecular weight excluding hydrogens is 248 g/mol. The number of hydrogen-bond donors (Lipinski definition) is 1. The molecule has 0 aromatic carbocycles. The van der Waals surface area contributed by atoms with Crippen LogP contribution in [-0.4, -0.2) is 19.7 Å². The van der Waals surface area contributed by atoms with Crippen LogP contribution in [0.5, 0.6) is 0 Å². The molecule has 102 valence electrons. The summed E-state index contributed by atoms with van der Waals surface area (Å²) in [5.74, 6) is 0.658. The average molecular weight is 266 g/mol. The lowest BCUT2D eigenvalue weighted by atomic mass is 10.1. The molecule has 0 unspecified atom stereocenters. The lowest BCUT2D eigenvalue weighted by Gasteiger charge is -2.09. The van der Waals surface area contributed by atoms with Crippen molar-refractivity contribution >= 4 is 11.0 Å². The molecule has 0 amide bonds. The SMILES string of the molecule is CC(C)n1ccc2nc(-c3cn[nH]c3C3CC3)ccc21. The largest absolute Gasteiger partial charge is 0.344 e. The van der Waals surface area contributed by atoms with Crippen LogP contribution in [0.2, 0.25) is 0 Å². The Labute approximate surface area is 117 Å². The monoisotopic (exact) mass is 266 g/mol. The second kappa shape index (κ2) is 4.20. The maximum absolute atomic E-state index is 4.81. The van der Waals surface area contributed by atoms with Crippen LogP contribution < -0.4 is 0 Å². The third kappa shape index (κ3) is 1.75. The Morgan fingerprint density at radius 2 is 2.10 bits per heavy atom. The molecule has 0 atom stereocenters. The molecule has 0 radical (unpaired) electrons. The summed E-state index contributed by atoms with van der Waals surface area (Å²) in [5, 5.41) is 7.35. The third-order valence-electron chi connectivity index (χ3n) is 4.06. The van der Waals surface area contributed by atoms with Gasteiger partial charge in [-0.3, -0.25) is 5.10 Å². The molecular formula is C16H18N4. The molecule has 1 aliphatic rings. The average Bonchev–Trinajstić information content (AvgIpc) is 3.02. The number of nitrogens with zero attached hydrogens (tertiary/aromatic N) is 3. The lowest BCUT2D eigenvalue weighted by molar-refractivity contribution is 0.623. The van der Waals surface area contributed by atoms with Crippen molar-refractivity contribution in [1.82, 2.24) is 19.7 Å². The Kier molecular flexibility index (Phi) is 2.46. The van der Waals surface area contributed by atoms with E-state index in [-0.39, 0.29) is 0 Å². The van der Waals surface area contributed by atoms with Crippen molar-refractivity contribution in [3.05, 3.63) is 36.3 Å². The molecule has 20 heavy (non-hydrogen) atoms. The van der Waals surface area contributed by atoms with Gasteiger partial charge >= 0.3 is 0 Å². The minimum atomic E-state index is 0.455. The van der Waals surface area contributed by atoms with Gasteiger partial charge in [-0.1, -0.05) is 0 Å². The standard InChI is InChI=1S/C16H18N4/c1-10(2)20-8-7-14-15(20)6-5-13(18-14)12-9-17-19-16(12)11-3-4-11/h5-11H,3-4H2,1-2H3,(H,17,19). The molecule has 1 saturated carbocycles. The van der Waals surface area contributed by atoms with Crippen LogP contribution in [0.15, 0.2) is 30.6 Å². The Balaban J connectivity index is 1.82. The number of H-pyrrole nitrogens is 1. The van der Waals surface area contributed by atoms with Gasteiger partial charge in [-0.25, -0.2) is 4.98 Å². The molecule has 1 aliphatic carbocycles. The van der Waals surface area contributed by atoms with Gasteiger partial charge in [-0.05, 0) is 44.9 Å². The zero-order valence-corrected chi connectivity index (χ0v) is 11.8. The Bertz CT molecular complexity index is 762. The zero-order chi connectivity index (χ0) is 13.7. The van der Waals surface area contributed by atoms with Gasteiger partial charge in [0.2, 0.25) is 0 Å². The van der Waals surface area contributed by atoms with E-state index in [4.69, 9.17) is 4.98 Å². The van der Waals surface area contributed by atoms with E-state index in [0.717, 1.165) is 16.8 Å². The van der Waals surface area contributed by atoms with Crippen molar-refractivity contribution in [2.24, 2.45) is 0 Å². The number of aromatic amines is 1. The summed E-state index contributed by atoms with van der Waals surface area (Å²) in [6.07, 6.45) is 6.55. The maximum Gasteiger partial charge on any atom is 0.0888 e. The van der Waals surface area contributed by atoms with Gasteiger partial charge in [0, 0.05) is 29.4 Å². The highest BCUT2D eigenvalue weighted by Gasteiger charge is 2.28. The highest BCUT2D eigenvalue weighted by atomic mass is 15.1. The predicted octanol–water partition coefficient (Wildman–Crippen LogP) is 3.88. The number of aromatic nitrogens is 4. The minimum absolute atomic E-state index is 0.455. The molecule has 0 aliphatic heterocycles. The summed E-state index contributed by atoms with van der Waals surface area (Å²) in [5.41, 5.74) is 5.68. The van der Waals surface area contributed by atoms with Gasteiger partial charge in [0.1, 0.15) is 0 Å². The first-order valence-corrected chi connectivity index (χ1v) is 7.25. The van der Waals surface area contributed by atoms with Crippen LogP contribution in [0, 0.1) is 0 Å². The van der Waals surface area contributed by atoms with Gasteiger partial charge in [0.15, 0.2) is 0 Å². The summed E-state index contributed by atoms with van der Waals surface area (Å²) in [6.45, 7) is 4.38. The zero-order valence-electron chi connectivity index (χ0n) is 11.8. The van der Waals surface area contributed by atoms with Gasteiger partial charge < -0.3 is 4.57 Å². The van der Waals surface area contributed by atoms with Crippen molar-refractivity contribution in [3.63, 3.8) is 0 Å². The molecule has 1 fully saturated rings. The number of hydrogen-bond acceptors (Lipinski definition) is 2. The Hall–Kier alpha value is -2.10. The Morgan fingerprint density at radius 1 is 1.25 bits per heavy atom. The number of nitrogens with one attached hydrogen (secondary N) is 1. The minimum Gasteiger partial charge on any atom is -0.344 e. The first kappa shape index (κ1) is 11.7. The van der Waals surface area contributed by atoms with E-state index in [1.54, 1.807) is 0 Å². The second-order valence-corrected chi connectivity index (χ2v) is 5.89. The number of fused-ring (bicyclic) bond motifs is 1. The molecule has 1 N–H and O–H groups in total. The van der Waals surface area contributed by atoms with Gasteiger partial charge in [-0.15, -0.1) is 0 Å². The van der Waals surface area contributed by atoms with Gasteiger partial charge in [0.05, 0.1) is 22.9 Å². The summed E-state index contributed by atoms with van der Waals surface area (Å²) in [4.78, 5) is 4.81. The summed E-state index contributed by atoms with van der Waals surface area (Å²) < 4.78 is 2.25. The topological polar surface area (TPSA) is 46.5 Å². The Morgan fingerprint density at radius 3 is 2.85 bits per heavy atom. The first-order chi connectivity index (χ1) is 9.74. The van der Waals surface area contributed by atoms with Crippen molar-refractivity contribution < 1.29 is 0 Å². The van der Waals surface area contributed by atoms with E-state index >= 15 is 0 Å². The maximum atomic E-state index is 4.81. The molecule has 3 aromatic heterocycles. The van der Waals surface area contributed by atoms with E-state index in [1.807, 2.05) is 6.20 Å². The van der Waals surface area contributed by atoms with E-state index < -0.39 is 0 Å². The smallest absolute Gasteiger partial charge is 0.0888 e. The number of rotatable bonds is 3. The molecule has 4 nitrogen and oxygen atoms in total. The van der Waals surface area contributed by atoms with Crippen LogP contribution in [0.4, 0.5) is 0 Å². The van der Waals surface area contributed by atoms with Gasteiger partial charge in [-0.2, -0.15) is 5.10 Å². The van der Waals surface area contributed by atoms with Crippen molar-refractivity contribution in [2.45, 2.75) is 38.6 Å². The third-order valence-corrected chi connectivity index (χ3v) is 4.06. The molecule has 3 aromatic rings. The van der Waals surface area contributed by atoms with E-state index in [1.165, 1.54) is 24.1 Å². The van der Waals surface area contributed by atoms with Crippen LogP contribution in [-0.2, 0) is 0 Å². The second-order valence-electron chi connectivity index (χ2n) is 5.89. The van der Waals surface area contributed by atoms with Crippen molar-refractivity contribution in [2.75, 3.05) is 0 Å². The van der Waals surface area contributed by atoms with E-state index in [9.17, 15) is 0 Å². The highest BCUT2D eigenvalue weighted by molar-refractivity contribution is 5.80. The lowest BCUT2D eigenvalue weighted by Crippen LogP contribution is -1.98. The van der Waals surface area contributed by atoms with E-state index in [2.05, 4.69) is 53.0 Å². The molecule has 3 heterocycles. The highest BCUT2D eigenvalue weighted by Crippen LogP contribution is 2.43. The first-order valence-electron chi connectivity index (χ1n) is 7.25. The number of pyridine rings is 1. The summed E-state index contributed by atoms with van der Waals surface area (Å²) in [7, 11) is 0. The normalized spacial score (nSPS) is 15.3. The fourth-order valence-electron chi connectivity index (χ4n) is 2.82. The summed E-state index contributed by atoms with van der Waals surface area (Å²) in [6, 6.07) is 6.82. The molecule has 0 bridgehead atoms. The molecule has 4 rings (SSSR count). The van der Waals surface area contributed by atoms with Crippen LogP contribution >= 0.6 is 0 Å². The quantitative estimate of drug-likeness (QED) is 0.781. The fraction of sp³-hybridized carbons (Fsp3) is 0.375. The summed E-state index contributed by atoms with van der Waals surface area (Å²) >= 11 is 0. The van der Waals surface area contributed by atoms with Crippen LogP contribution in [0.3, 0.4) is 0 Å². The van der Waals surface area contributed by atoms with Gasteiger partial charge in [0.25, 0.3) is 0 Å². The van der Waals surface area contributed by atoms with Crippen LogP contribution in [0.25, 0.3) is 22.3 Å². The van der Waals surface area contributed by atoms with Crippen molar-refractivity contribution in [3.8, 4) is 11.3 Å². The van der Waals surface area contributed by atoms with E-state index in [0.29, 0.717) is 12.0 Å². The van der Waals surface area contributed by atoms with Crippen LogP contribution in [0.1, 0.15) is 44.3 Å². The predicted molar refractivity (Wildman–Crippen MR) is 79.7 cm³/mol. The molecule has 0 spiro atoms. The fourth-order valence-corrected chi connectivity index (χ4v) is 2.82. The molecule has 0 saturated heterocycles. The molecule has 4 heteroatoms.